The maximum atomic E-state index is 11.3. The number of unbranched alkanes of at least 4 members (excludes halogenated alkanes) is 1. The summed E-state index contributed by atoms with van der Waals surface area (Å²) in [5, 5.41) is 8.26. The standard InChI is InChI=1S/C13H20.C12H16O.C12H18.C11H17N.2C11H16.C10H14.C9H13N.2C9H18.C8H16.C7H14.C6H12O2/c1-12(2)8-6-7-11-13-9-4-3-5-10-13;1-10(2)12(13)9-8-11-6-4-3-5-7-11;1-11(2)7-6-10-12-8-4-3-5-9-12;1-10(2)6-5-8-11-7-3-4-9-12-11;2*1-10(2)8-9-11-6-4-3-5-7-11;1-9(2)8-10-6-4-3-5-7-10;1-8(2)7-9-3-5-10-6-4-9;2*1-8(2)9-6-4-3-5-7-9;1-7(2)8-5-3-4-6-8;1-6(2)7-4-3-5-7;1-5(2)6(8)3-4-7/h3-5,9-10,12H,6-8,11H2,1-2H3;3-7,10H,8-9H2,1-2H3;3-5,8-9,11H,6-7,10H2,1-2H3;3-4,7,9-10H,5-6,8H2,1-2H3;2*3-7,10H,8-9H2,1-2H3;3-7,9H,8H2,1-2H3;3-6,8H,7H2,1-2H3;2*8-9H,3-7H2,1-2H3;7-8H,3-6H2,1-2H3;6-7H,3-5H2,1-2H3;5,7H,3-4H2,1-2H3. The van der Waals surface area contributed by atoms with E-state index in [0.29, 0.717) is 18.6 Å². The van der Waals surface area contributed by atoms with Gasteiger partial charge in [0.25, 0.3) is 0 Å². The Kier molecular flexibility index (Phi) is 79.7. The second-order valence-electron chi connectivity index (χ2n) is 43.6. The van der Waals surface area contributed by atoms with Gasteiger partial charge in [-0.25, -0.2) is 0 Å². The first-order valence-corrected chi connectivity index (χ1v) is 54.3. The minimum atomic E-state index is -0.0169. The number of benzene rings is 6. The Morgan fingerprint density at radius 2 is 0.526 bits per heavy atom. The second kappa shape index (κ2) is 84.2. The van der Waals surface area contributed by atoms with Gasteiger partial charge < -0.3 is 5.11 Å². The van der Waals surface area contributed by atoms with E-state index in [4.69, 9.17) is 5.11 Å². The monoisotopic (exact) mass is 1820 g/mol. The fourth-order valence-electron chi connectivity index (χ4n) is 16.3. The molecular weight excluding hydrogens is 1610 g/mol. The Balaban J connectivity index is 0.00000142. The molecule has 0 atom stereocenters. The largest absolute Gasteiger partial charge is 0.396 e. The molecule has 12 rings (SSSR count). The highest BCUT2D eigenvalue weighted by atomic mass is 16.3. The zero-order valence-corrected chi connectivity index (χ0v) is 91.1. The van der Waals surface area contributed by atoms with E-state index in [0.717, 1.165) is 108 Å². The highest BCUT2D eigenvalue weighted by Crippen LogP contribution is 2.34. The minimum Gasteiger partial charge on any atom is -0.396 e. The lowest BCUT2D eigenvalue weighted by molar-refractivity contribution is -0.123. The lowest BCUT2D eigenvalue weighted by atomic mass is 9.78. The minimum absolute atomic E-state index is 0.0169. The molecule has 133 heavy (non-hydrogen) atoms. The molecule has 5 nitrogen and oxygen atoms in total. The number of rotatable bonds is 34. The van der Waals surface area contributed by atoms with Crippen molar-refractivity contribution in [1.82, 2.24) is 9.97 Å². The number of ketones is 2. The third-order valence-corrected chi connectivity index (χ3v) is 25.7. The molecule has 0 amide bonds. The lowest BCUT2D eigenvalue weighted by Crippen LogP contribution is -2.16. The number of Topliss-reactive ketones (excluding diaryl/α,β-unsaturated/α-hetero) is 2. The van der Waals surface area contributed by atoms with Crippen molar-refractivity contribution < 1.29 is 14.7 Å². The SMILES string of the molecule is CC(C)C(=O)CCO.CC(C)C(=O)CCc1ccccc1.CC(C)C1CCC1.CC(C)C1CCCC1.CC(C)C1CCCCC1.CC(C)C1CCCCC1.CC(C)CCCCc1ccccc1.CC(C)CCCc1ccccc1.CC(C)CCCc1ccccn1.CC(C)CCc1ccccc1.CC(C)CCc1ccccc1.CC(C)Cc1ccccc1.CC(C)Cc1ccncc1. The summed E-state index contributed by atoms with van der Waals surface area (Å²) in [6, 6.07) is 73.8. The van der Waals surface area contributed by atoms with Gasteiger partial charge in [0.2, 0.25) is 0 Å². The third kappa shape index (κ3) is 78.6. The lowest BCUT2D eigenvalue weighted by Gasteiger charge is -2.28. The fourth-order valence-corrected chi connectivity index (χ4v) is 16.3. The maximum absolute atomic E-state index is 11.3. The summed E-state index contributed by atoms with van der Waals surface area (Å²) in [5.74, 6) is 14.4. The molecule has 1 N–H and O–H groups in total. The van der Waals surface area contributed by atoms with E-state index in [9.17, 15) is 9.59 Å². The first-order chi connectivity index (χ1) is 63.6. The maximum Gasteiger partial charge on any atom is 0.137 e. The molecular formula is C128H208N2O3. The van der Waals surface area contributed by atoms with Crippen molar-refractivity contribution in [2.75, 3.05) is 6.61 Å². The molecule has 8 aromatic rings. The van der Waals surface area contributed by atoms with Crippen LogP contribution in [0.15, 0.2) is 231 Å². The molecule has 4 aliphatic carbocycles. The van der Waals surface area contributed by atoms with Gasteiger partial charge in [-0.1, -0.05) is 503 Å². The van der Waals surface area contributed by atoms with Gasteiger partial charge in [0, 0.05) is 55.6 Å². The summed E-state index contributed by atoms with van der Waals surface area (Å²) in [6.45, 7) is 58.0. The van der Waals surface area contributed by atoms with Gasteiger partial charge in [-0.2, -0.15) is 0 Å². The third-order valence-electron chi connectivity index (χ3n) is 25.7. The molecule has 4 aliphatic rings. The van der Waals surface area contributed by atoms with Gasteiger partial charge in [-0.3, -0.25) is 19.6 Å². The molecule has 4 saturated carbocycles. The number of hydrogen-bond donors (Lipinski definition) is 1. The van der Waals surface area contributed by atoms with Crippen LogP contribution in [0.4, 0.5) is 0 Å². The molecule has 748 valence electrons. The van der Waals surface area contributed by atoms with Crippen LogP contribution in [0.25, 0.3) is 0 Å². The van der Waals surface area contributed by atoms with E-state index in [1.807, 2.05) is 70.6 Å². The summed E-state index contributed by atoms with van der Waals surface area (Å²) in [4.78, 5) is 30.1. The first kappa shape index (κ1) is 126. The van der Waals surface area contributed by atoms with Crippen LogP contribution in [0.3, 0.4) is 0 Å². The van der Waals surface area contributed by atoms with Crippen molar-refractivity contribution in [2.45, 2.75) is 411 Å². The molecule has 0 aliphatic heterocycles. The average molecular weight is 1820 g/mol. The molecule has 0 radical (unpaired) electrons. The van der Waals surface area contributed by atoms with Crippen LogP contribution in [0, 0.1) is 101 Å². The molecule has 0 unspecified atom stereocenters. The Labute approximate surface area is 824 Å². The molecule has 2 heterocycles. The van der Waals surface area contributed by atoms with E-state index < -0.39 is 0 Å². The predicted octanol–water partition coefficient (Wildman–Crippen LogP) is 37.7. The summed E-state index contributed by atoms with van der Waals surface area (Å²) in [5.41, 5.74) is 11.2. The van der Waals surface area contributed by atoms with Crippen molar-refractivity contribution in [3.8, 4) is 0 Å². The Morgan fingerprint density at radius 3 is 0.797 bits per heavy atom. The number of aliphatic hydroxyl groups is 1. The van der Waals surface area contributed by atoms with Crippen LogP contribution >= 0.6 is 0 Å². The number of aromatic nitrogens is 2. The number of nitrogens with zero attached hydrogens (tertiary/aromatic N) is 2. The normalized spacial score (nSPS) is 13.5. The number of carbonyl (C=O) groups is 2. The van der Waals surface area contributed by atoms with Crippen molar-refractivity contribution in [3.05, 3.63) is 276 Å². The summed E-state index contributed by atoms with van der Waals surface area (Å²) in [6.07, 6.45) is 53.1. The molecule has 4 fully saturated rings. The van der Waals surface area contributed by atoms with Crippen molar-refractivity contribution >= 4 is 11.6 Å². The number of carbonyl (C=O) groups excluding carboxylic acids is 2. The zero-order valence-electron chi connectivity index (χ0n) is 91.1. The van der Waals surface area contributed by atoms with Gasteiger partial charge in [-0.15, -0.1) is 0 Å². The smallest absolute Gasteiger partial charge is 0.137 e. The predicted molar refractivity (Wildman–Crippen MR) is 590 cm³/mol. The van der Waals surface area contributed by atoms with E-state index >= 15 is 0 Å². The van der Waals surface area contributed by atoms with E-state index in [2.05, 4.69) is 350 Å². The molecule has 6 aromatic carbocycles. The second-order valence-corrected chi connectivity index (χ2v) is 43.6. The van der Waals surface area contributed by atoms with Crippen LogP contribution in [0.1, 0.15) is 404 Å². The van der Waals surface area contributed by atoms with Crippen LogP contribution in [0.2, 0.25) is 0 Å². The molecule has 0 spiro atoms. The highest BCUT2D eigenvalue weighted by molar-refractivity contribution is 5.80. The number of aryl methyl sites for hydroxylation is 6. The summed E-state index contributed by atoms with van der Waals surface area (Å²) < 4.78 is 0. The van der Waals surface area contributed by atoms with E-state index in [-0.39, 0.29) is 24.2 Å². The summed E-state index contributed by atoms with van der Waals surface area (Å²) in [7, 11) is 0. The van der Waals surface area contributed by atoms with Crippen LogP contribution in [-0.2, 0) is 61.0 Å². The Hall–Kier alpha value is -7.08. The van der Waals surface area contributed by atoms with Gasteiger partial charge in [0.05, 0.1) is 0 Å². The molecule has 5 heteroatoms. The highest BCUT2D eigenvalue weighted by Gasteiger charge is 2.21. The molecule has 0 bridgehead atoms. The van der Waals surface area contributed by atoms with Gasteiger partial charge in [-0.05, 0) is 235 Å². The van der Waals surface area contributed by atoms with Crippen molar-refractivity contribution in [1.29, 1.82) is 0 Å². The summed E-state index contributed by atoms with van der Waals surface area (Å²) >= 11 is 0. The Morgan fingerprint density at radius 1 is 0.256 bits per heavy atom. The average Bonchev–Trinajstić information content (AvgIpc) is 1.05. The van der Waals surface area contributed by atoms with Crippen LogP contribution in [0.5, 0.6) is 0 Å². The van der Waals surface area contributed by atoms with Gasteiger partial charge >= 0.3 is 0 Å². The van der Waals surface area contributed by atoms with Gasteiger partial charge in [0.15, 0.2) is 0 Å². The Bertz CT molecular complexity index is 3570. The molecule has 0 saturated heterocycles. The van der Waals surface area contributed by atoms with E-state index in [1.165, 1.54) is 244 Å². The van der Waals surface area contributed by atoms with Crippen molar-refractivity contribution in [3.63, 3.8) is 0 Å². The molecule has 2 aromatic heterocycles. The van der Waals surface area contributed by atoms with E-state index in [1.54, 1.807) is 0 Å². The quantitative estimate of drug-likeness (QED) is 0.0407. The number of pyridine rings is 2. The first-order valence-electron chi connectivity index (χ1n) is 54.3. The topological polar surface area (TPSA) is 80.1 Å². The fraction of sp³-hybridized carbons (Fsp3) is 0.625. The van der Waals surface area contributed by atoms with Crippen LogP contribution in [-0.4, -0.2) is 33.2 Å². The van der Waals surface area contributed by atoms with Gasteiger partial charge in [0.1, 0.15) is 11.6 Å². The zero-order chi connectivity index (χ0) is 99.0. The number of hydrogen-bond acceptors (Lipinski definition) is 5. The van der Waals surface area contributed by atoms with Crippen molar-refractivity contribution in [2.24, 2.45) is 101 Å². The van der Waals surface area contributed by atoms with Crippen LogP contribution < -0.4 is 0 Å². The number of aliphatic hydroxyl groups excluding tert-OH is 1.